The van der Waals surface area contributed by atoms with Crippen LogP contribution < -0.4 is 11.5 Å². The minimum absolute atomic E-state index is 0.0641. The summed E-state index contributed by atoms with van der Waals surface area (Å²) in [5.41, 5.74) is 9.35. The number of carbonyl (C=O) groups excluding carboxylic acids is 2. The highest BCUT2D eigenvalue weighted by Crippen LogP contribution is 2.50. The second-order valence-electron chi connectivity index (χ2n) is 10.3. The Bertz CT molecular complexity index is 1250. The van der Waals surface area contributed by atoms with Crippen LogP contribution in [0.1, 0.15) is 63.1 Å². The highest BCUT2D eigenvalue weighted by molar-refractivity contribution is 9.10. The molecule has 6 nitrogen and oxygen atoms in total. The summed E-state index contributed by atoms with van der Waals surface area (Å²) in [4.78, 5) is 25.2. The molecule has 0 radical (unpaired) electrons. The lowest BCUT2D eigenvalue weighted by Crippen LogP contribution is -2.55. The average molecular weight is 597 g/mol. The Morgan fingerprint density at radius 2 is 1.66 bits per heavy atom. The first-order valence-electron chi connectivity index (χ1n) is 12.0. The standard InChI is InChI=1S/C27H29BrF4N4O2/c1-15(23(35)37)18-8-9-19(20(28)12-18)16-4-6-17(7-5-16)22(27(30,31)32)36(26(14-33)10-11-26)24(38)21(34)13-25(2,3)29/h4-9,12,15,21-22H,10-11,13,34H2,1-3H3,(H2,35,37)/t15-,21-,22-/m0/s1. The second kappa shape index (κ2) is 10.7. The largest absolute Gasteiger partial charge is 0.413 e. The minimum atomic E-state index is -4.93. The van der Waals surface area contributed by atoms with Crippen LogP contribution in [0, 0.1) is 11.3 Å². The van der Waals surface area contributed by atoms with Crippen LogP contribution >= 0.6 is 15.9 Å². The van der Waals surface area contributed by atoms with Gasteiger partial charge in [0, 0.05) is 10.9 Å². The molecule has 2 aromatic carbocycles. The fourth-order valence-corrected chi connectivity index (χ4v) is 5.05. The third-order valence-corrected chi connectivity index (χ3v) is 7.33. The number of hydrogen-bond acceptors (Lipinski definition) is 4. The van der Waals surface area contributed by atoms with Crippen molar-refractivity contribution in [1.29, 1.82) is 5.26 Å². The molecule has 2 aromatic rings. The minimum Gasteiger partial charge on any atom is -0.369 e. The molecule has 0 spiro atoms. The Morgan fingerprint density at radius 3 is 2.08 bits per heavy atom. The van der Waals surface area contributed by atoms with Crippen molar-refractivity contribution >= 4 is 27.7 Å². The zero-order chi connectivity index (χ0) is 28.6. The molecule has 1 saturated carbocycles. The van der Waals surface area contributed by atoms with Crippen LogP contribution in [0.4, 0.5) is 17.6 Å². The molecule has 0 saturated heterocycles. The van der Waals surface area contributed by atoms with Gasteiger partial charge in [0.05, 0.1) is 18.0 Å². The molecule has 1 aliphatic rings. The summed E-state index contributed by atoms with van der Waals surface area (Å²) in [6.45, 7) is 4.03. The van der Waals surface area contributed by atoms with Crippen molar-refractivity contribution in [2.24, 2.45) is 11.5 Å². The normalized spacial score (nSPS) is 17.2. The Balaban J connectivity index is 2.02. The van der Waals surface area contributed by atoms with E-state index >= 15 is 0 Å². The van der Waals surface area contributed by atoms with Gasteiger partial charge in [-0.3, -0.25) is 9.59 Å². The van der Waals surface area contributed by atoms with Crippen molar-refractivity contribution in [2.45, 2.75) is 75.4 Å². The number of hydrogen-bond donors (Lipinski definition) is 2. The number of nitrogens with zero attached hydrogens (tertiary/aromatic N) is 2. The van der Waals surface area contributed by atoms with Gasteiger partial charge >= 0.3 is 6.18 Å². The van der Waals surface area contributed by atoms with Gasteiger partial charge in [-0.2, -0.15) is 18.4 Å². The maximum absolute atomic E-state index is 14.5. The van der Waals surface area contributed by atoms with E-state index in [-0.39, 0.29) is 18.4 Å². The third-order valence-electron chi connectivity index (χ3n) is 6.68. The van der Waals surface area contributed by atoms with Crippen LogP contribution in [-0.2, 0) is 9.59 Å². The van der Waals surface area contributed by atoms with Crippen molar-refractivity contribution in [1.82, 2.24) is 4.90 Å². The molecule has 3 atom stereocenters. The number of benzene rings is 2. The summed E-state index contributed by atoms with van der Waals surface area (Å²) in [7, 11) is 0. The predicted octanol–water partition coefficient (Wildman–Crippen LogP) is 5.66. The van der Waals surface area contributed by atoms with Crippen molar-refractivity contribution in [3.63, 3.8) is 0 Å². The van der Waals surface area contributed by atoms with Crippen molar-refractivity contribution in [3.8, 4) is 17.2 Å². The van der Waals surface area contributed by atoms with Crippen LogP contribution in [0.5, 0.6) is 0 Å². The number of nitrogens with two attached hydrogens (primary N) is 2. The first kappa shape index (κ1) is 29.6. The molecule has 4 N–H and O–H groups in total. The van der Waals surface area contributed by atoms with Gasteiger partial charge in [-0.15, -0.1) is 0 Å². The summed E-state index contributed by atoms with van der Waals surface area (Å²) >= 11 is 3.44. The molecular weight excluding hydrogens is 568 g/mol. The molecule has 1 aliphatic carbocycles. The topological polar surface area (TPSA) is 113 Å². The summed E-state index contributed by atoms with van der Waals surface area (Å²) in [6.07, 6.45) is -5.29. The van der Waals surface area contributed by atoms with E-state index in [1.807, 2.05) is 6.07 Å². The first-order valence-corrected chi connectivity index (χ1v) is 12.7. The first-order chi connectivity index (χ1) is 17.5. The molecule has 204 valence electrons. The molecular formula is C27H29BrF4N4O2. The van der Waals surface area contributed by atoms with Gasteiger partial charge in [0.1, 0.15) is 11.2 Å². The fraction of sp³-hybridized carbons (Fsp3) is 0.444. The van der Waals surface area contributed by atoms with E-state index in [1.165, 1.54) is 38.1 Å². The van der Waals surface area contributed by atoms with Gasteiger partial charge in [-0.25, -0.2) is 4.39 Å². The van der Waals surface area contributed by atoms with Gasteiger partial charge < -0.3 is 16.4 Å². The fourth-order valence-electron chi connectivity index (χ4n) is 4.43. The summed E-state index contributed by atoms with van der Waals surface area (Å²) in [6, 6.07) is 8.46. The number of rotatable bonds is 9. The van der Waals surface area contributed by atoms with Crippen molar-refractivity contribution in [2.75, 3.05) is 0 Å². The molecule has 3 rings (SSSR count). The number of halogens is 5. The van der Waals surface area contributed by atoms with E-state index in [1.54, 1.807) is 25.1 Å². The lowest BCUT2D eigenvalue weighted by atomic mass is 9.94. The maximum Gasteiger partial charge on any atom is 0.413 e. The smallest absolute Gasteiger partial charge is 0.369 e. The monoisotopic (exact) mass is 596 g/mol. The summed E-state index contributed by atoms with van der Waals surface area (Å²) < 4.78 is 58.4. The molecule has 0 aliphatic heterocycles. The van der Waals surface area contributed by atoms with Crippen LogP contribution in [-0.4, -0.2) is 40.1 Å². The predicted molar refractivity (Wildman–Crippen MR) is 138 cm³/mol. The zero-order valence-electron chi connectivity index (χ0n) is 21.2. The van der Waals surface area contributed by atoms with Crippen molar-refractivity contribution < 1.29 is 27.2 Å². The van der Waals surface area contributed by atoms with Gasteiger partial charge in [0.2, 0.25) is 11.8 Å². The van der Waals surface area contributed by atoms with Crippen molar-refractivity contribution in [3.05, 3.63) is 58.1 Å². The Morgan fingerprint density at radius 1 is 1.11 bits per heavy atom. The molecule has 38 heavy (non-hydrogen) atoms. The van der Waals surface area contributed by atoms with E-state index in [0.717, 1.165) is 0 Å². The van der Waals surface area contributed by atoms with E-state index in [2.05, 4.69) is 15.9 Å². The lowest BCUT2D eigenvalue weighted by molar-refractivity contribution is -0.198. The number of carbonyl (C=O) groups is 2. The highest BCUT2D eigenvalue weighted by Gasteiger charge is 2.60. The van der Waals surface area contributed by atoms with Gasteiger partial charge in [0.25, 0.3) is 0 Å². The highest BCUT2D eigenvalue weighted by atomic mass is 79.9. The van der Waals surface area contributed by atoms with Crippen LogP contribution in [0.25, 0.3) is 11.1 Å². The third kappa shape index (κ3) is 6.35. The van der Waals surface area contributed by atoms with E-state index in [4.69, 9.17) is 11.5 Å². The van der Waals surface area contributed by atoms with Gasteiger partial charge in [0.15, 0.2) is 6.04 Å². The number of amides is 2. The van der Waals surface area contributed by atoms with Crippen LogP contribution in [0.3, 0.4) is 0 Å². The van der Waals surface area contributed by atoms with Crippen LogP contribution in [0.2, 0.25) is 0 Å². The summed E-state index contributed by atoms with van der Waals surface area (Å²) in [5, 5.41) is 9.71. The molecule has 0 bridgehead atoms. The Kier molecular flexibility index (Phi) is 8.29. The second-order valence-corrected chi connectivity index (χ2v) is 11.2. The number of primary amides is 1. The van der Waals surface area contributed by atoms with E-state index in [9.17, 15) is 32.4 Å². The van der Waals surface area contributed by atoms with Gasteiger partial charge in [-0.05, 0) is 61.9 Å². The molecule has 2 amide bonds. The SMILES string of the molecule is C[C@H](C(N)=O)c1ccc(-c2ccc([C@H](N(C(=O)[C@@H](N)CC(C)(C)F)C3(C#N)CC3)C(F)(F)F)cc2)c(Br)c1. The maximum atomic E-state index is 14.5. The quantitative estimate of drug-likeness (QED) is 0.364. The Labute approximate surface area is 227 Å². The number of alkyl halides is 4. The molecule has 0 unspecified atom stereocenters. The molecule has 1 fully saturated rings. The molecule has 0 aromatic heterocycles. The molecule has 0 heterocycles. The zero-order valence-corrected chi connectivity index (χ0v) is 22.7. The van der Waals surface area contributed by atoms with E-state index < -0.39 is 53.6 Å². The lowest BCUT2D eigenvalue weighted by Gasteiger charge is -2.38. The van der Waals surface area contributed by atoms with E-state index in [0.29, 0.717) is 26.1 Å². The molecule has 11 heteroatoms. The van der Waals surface area contributed by atoms with Gasteiger partial charge in [-0.1, -0.05) is 52.3 Å². The Hall–Kier alpha value is -2.97. The number of nitriles is 1. The van der Waals surface area contributed by atoms with Crippen LogP contribution in [0.15, 0.2) is 46.9 Å². The average Bonchev–Trinajstić information content (AvgIpc) is 3.61. The summed E-state index contributed by atoms with van der Waals surface area (Å²) in [5.74, 6) is -2.14.